The lowest BCUT2D eigenvalue weighted by molar-refractivity contribution is -0.117. The molecule has 0 bridgehead atoms. The lowest BCUT2D eigenvalue weighted by atomic mass is 10.3. The predicted molar refractivity (Wildman–Crippen MR) is 112 cm³/mol. The number of nitrogens with one attached hydrogen (secondary N) is 1. The number of aromatic nitrogens is 1. The Labute approximate surface area is 174 Å². The normalized spacial score (nSPS) is 15.8. The lowest BCUT2D eigenvalue weighted by Crippen LogP contribution is -2.36. The topological polar surface area (TPSA) is 70.8 Å². The highest BCUT2D eigenvalue weighted by atomic mass is 19.1. The SMILES string of the molecule is COc1ccccc1NC(=O)CN1CCCN(Cc2nc3ccc(F)cc3o2)CC1. The number of nitrogens with zero attached hydrogens (tertiary/aromatic N) is 3. The molecule has 2 aromatic carbocycles. The van der Waals surface area contributed by atoms with E-state index in [0.29, 0.717) is 41.5 Å². The van der Waals surface area contributed by atoms with E-state index >= 15 is 0 Å². The van der Waals surface area contributed by atoms with Gasteiger partial charge < -0.3 is 14.5 Å². The highest BCUT2D eigenvalue weighted by Crippen LogP contribution is 2.23. The molecule has 1 aromatic heterocycles. The number of fused-ring (bicyclic) bond motifs is 1. The van der Waals surface area contributed by atoms with Crippen LogP contribution in [0, 0.1) is 5.82 Å². The van der Waals surface area contributed by atoms with E-state index in [-0.39, 0.29) is 11.7 Å². The molecule has 1 N–H and O–H groups in total. The molecule has 1 aliphatic rings. The Morgan fingerprint density at radius 3 is 2.83 bits per heavy atom. The number of hydrogen-bond acceptors (Lipinski definition) is 6. The lowest BCUT2D eigenvalue weighted by Gasteiger charge is -2.20. The van der Waals surface area contributed by atoms with Crippen molar-refractivity contribution in [3.8, 4) is 5.75 Å². The fourth-order valence-corrected chi connectivity index (χ4v) is 3.69. The number of hydrogen-bond donors (Lipinski definition) is 1. The third kappa shape index (κ3) is 4.95. The first kappa shape index (κ1) is 20.3. The summed E-state index contributed by atoms with van der Waals surface area (Å²) in [5, 5.41) is 2.92. The molecule has 8 heteroatoms. The van der Waals surface area contributed by atoms with E-state index in [4.69, 9.17) is 9.15 Å². The minimum absolute atomic E-state index is 0.0612. The second kappa shape index (κ2) is 9.23. The molecular formula is C22H25FN4O3. The molecule has 1 amide bonds. The molecule has 30 heavy (non-hydrogen) atoms. The summed E-state index contributed by atoms with van der Waals surface area (Å²) in [5.74, 6) is 0.833. The minimum Gasteiger partial charge on any atom is -0.495 e. The molecule has 0 saturated carbocycles. The van der Waals surface area contributed by atoms with Gasteiger partial charge in [0, 0.05) is 19.2 Å². The molecule has 2 heterocycles. The van der Waals surface area contributed by atoms with Gasteiger partial charge in [-0.2, -0.15) is 0 Å². The molecule has 0 unspecified atom stereocenters. The van der Waals surface area contributed by atoms with Crippen LogP contribution in [0.5, 0.6) is 5.75 Å². The Morgan fingerprint density at radius 2 is 1.97 bits per heavy atom. The highest BCUT2D eigenvalue weighted by molar-refractivity contribution is 5.93. The van der Waals surface area contributed by atoms with Crippen LogP contribution in [0.2, 0.25) is 0 Å². The van der Waals surface area contributed by atoms with Gasteiger partial charge in [0.2, 0.25) is 11.8 Å². The summed E-state index contributed by atoms with van der Waals surface area (Å²) in [4.78, 5) is 21.3. The summed E-state index contributed by atoms with van der Waals surface area (Å²) in [6.45, 7) is 4.20. The zero-order valence-electron chi connectivity index (χ0n) is 16.9. The van der Waals surface area contributed by atoms with Crippen LogP contribution in [0.4, 0.5) is 10.1 Å². The molecule has 1 fully saturated rings. The van der Waals surface area contributed by atoms with E-state index in [1.165, 1.54) is 12.1 Å². The summed E-state index contributed by atoms with van der Waals surface area (Å²) in [6, 6.07) is 11.7. The Balaban J connectivity index is 1.30. The van der Waals surface area contributed by atoms with Crippen molar-refractivity contribution in [2.24, 2.45) is 0 Å². The second-order valence-corrected chi connectivity index (χ2v) is 7.37. The van der Waals surface area contributed by atoms with Gasteiger partial charge in [-0.25, -0.2) is 9.37 Å². The van der Waals surface area contributed by atoms with Crippen molar-refractivity contribution in [2.75, 3.05) is 45.2 Å². The van der Waals surface area contributed by atoms with Crippen molar-refractivity contribution in [1.82, 2.24) is 14.8 Å². The number of carbonyl (C=O) groups is 1. The molecule has 3 aromatic rings. The van der Waals surface area contributed by atoms with Gasteiger partial charge in [0.1, 0.15) is 17.1 Å². The fourth-order valence-electron chi connectivity index (χ4n) is 3.69. The van der Waals surface area contributed by atoms with Crippen molar-refractivity contribution < 1.29 is 18.3 Å². The monoisotopic (exact) mass is 412 g/mol. The van der Waals surface area contributed by atoms with Crippen LogP contribution in [0.1, 0.15) is 12.3 Å². The van der Waals surface area contributed by atoms with Crippen LogP contribution in [0.25, 0.3) is 11.1 Å². The van der Waals surface area contributed by atoms with E-state index in [2.05, 4.69) is 20.1 Å². The number of methoxy groups -OCH3 is 1. The average molecular weight is 412 g/mol. The average Bonchev–Trinajstić information content (AvgIpc) is 3.00. The quantitative estimate of drug-likeness (QED) is 0.671. The molecule has 0 radical (unpaired) electrons. The number of para-hydroxylation sites is 2. The second-order valence-electron chi connectivity index (χ2n) is 7.37. The van der Waals surface area contributed by atoms with E-state index in [1.54, 1.807) is 13.2 Å². The maximum atomic E-state index is 13.3. The van der Waals surface area contributed by atoms with Gasteiger partial charge in [0.15, 0.2) is 5.58 Å². The Kier molecular flexibility index (Phi) is 6.25. The smallest absolute Gasteiger partial charge is 0.238 e. The predicted octanol–water partition coefficient (Wildman–Crippen LogP) is 3.12. The zero-order chi connectivity index (χ0) is 20.9. The fraction of sp³-hybridized carbons (Fsp3) is 0.364. The van der Waals surface area contributed by atoms with Crippen molar-refractivity contribution in [2.45, 2.75) is 13.0 Å². The van der Waals surface area contributed by atoms with Crippen LogP contribution < -0.4 is 10.1 Å². The standard InChI is InChI=1S/C22H25FN4O3/c1-29-19-6-3-2-5-17(19)24-21(28)14-26-9-4-10-27(12-11-26)15-22-25-18-8-7-16(23)13-20(18)30-22/h2-3,5-8,13H,4,9-12,14-15H2,1H3,(H,24,28). The zero-order valence-corrected chi connectivity index (χ0v) is 16.9. The molecule has 158 valence electrons. The Hall–Kier alpha value is -2.97. The van der Waals surface area contributed by atoms with Gasteiger partial charge in [0.25, 0.3) is 0 Å². The summed E-state index contributed by atoms with van der Waals surface area (Å²) < 4.78 is 24.3. The summed E-state index contributed by atoms with van der Waals surface area (Å²) >= 11 is 0. The maximum Gasteiger partial charge on any atom is 0.238 e. The number of oxazole rings is 1. The number of ether oxygens (including phenoxy) is 1. The number of benzene rings is 2. The molecule has 1 saturated heterocycles. The summed E-state index contributed by atoms with van der Waals surface area (Å²) in [7, 11) is 1.59. The van der Waals surface area contributed by atoms with Crippen molar-refractivity contribution in [3.05, 3.63) is 54.2 Å². The molecule has 0 atom stereocenters. The first-order valence-electron chi connectivity index (χ1n) is 10.0. The maximum absolute atomic E-state index is 13.3. The third-order valence-corrected chi connectivity index (χ3v) is 5.18. The minimum atomic E-state index is -0.331. The molecule has 7 nitrogen and oxygen atoms in total. The van der Waals surface area contributed by atoms with Crippen LogP contribution in [-0.4, -0.2) is 60.5 Å². The van der Waals surface area contributed by atoms with Crippen LogP contribution in [0.15, 0.2) is 46.9 Å². The number of amides is 1. The number of rotatable bonds is 6. The van der Waals surface area contributed by atoms with Gasteiger partial charge in [0.05, 0.1) is 25.9 Å². The van der Waals surface area contributed by atoms with Gasteiger partial charge >= 0.3 is 0 Å². The largest absolute Gasteiger partial charge is 0.495 e. The van der Waals surface area contributed by atoms with Crippen molar-refractivity contribution in [1.29, 1.82) is 0 Å². The summed E-state index contributed by atoms with van der Waals surface area (Å²) in [6.07, 6.45) is 0.941. The summed E-state index contributed by atoms with van der Waals surface area (Å²) in [5.41, 5.74) is 1.80. The van der Waals surface area contributed by atoms with E-state index in [0.717, 1.165) is 32.6 Å². The van der Waals surface area contributed by atoms with Crippen LogP contribution in [-0.2, 0) is 11.3 Å². The third-order valence-electron chi connectivity index (χ3n) is 5.18. The van der Waals surface area contributed by atoms with Gasteiger partial charge in [-0.05, 0) is 43.8 Å². The number of carbonyl (C=O) groups excluding carboxylic acids is 1. The van der Waals surface area contributed by atoms with E-state index in [9.17, 15) is 9.18 Å². The van der Waals surface area contributed by atoms with Gasteiger partial charge in [-0.3, -0.25) is 14.6 Å². The Bertz CT molecular complexity index is 1020. The number of anilines is 1. The molecule has 0 spiro atoms. The van der Waals surface area contributed by atoms with Crippen LogP contribution in [0.3, 0.4) is 0 Å². The molecular weight excluding hydrogens is 387 g/mol. The van der Waals surface area contributed by atoms with E-state index in [1.807, 2.05) is 24.3 Å². The molecule has 0 aliphatic carbocycles. The first-order chi connectivity index (χ1) is 14.6. The highest BCUT2D eigenvalue weighted by Gasteiger charge is 2.19. The van der Waals surface area contributed by atoms with Gasteiger partial charge in [-0.15, -0.1) is 0 Å². The molecule has 4 rings (SSSR count). The first-order valence-corrected chi connectivity index (χ1v) is 10.0. The van der Waals surface area contributed by atoms with Crippen molar-refractivity contribution in [3.63, 3.8) is 0 Å². The van der Waals surface area contributed by atoms with Crippen LogP contribution >= 0.6 is 0 Å². The Morgan fingerprint density at radius 1 is 1.17 bits per heavy atom. The van der Waals surface area contributed by atoms with Crippen molar-refractivity contribution >= 4 is 22.7 Å². The van der Waals surface area contributed by atoms with E-state index < -0.39 is 0 Å². The number of halogens is 1. The van der Waals surface area contributed by atoms with Gasteiger partial charge in [-0.1, -0.05) is 12.1 Å². The molecule has 1 aliphatic heterocycles.